The van der Waals surface area contributed by atoms with Crippen LogP contribution in [0.4, 0.5) is 0 Å². The van der Waals surface area contributed by atoms with Crippen LogP contribution < -0.4 is 15.4 Å². The van der Waals surface area contributed by atoms with Gasteiger partial charge in [0.05, 0.1) is 7.11 Å². The van der Waals surface area contributed by atoms with Crippen molar-refractivity contribution in [2.24, 2.45) is 5.92 Å². The fraction of sp³-hybridized carbons (Fsp3) is 0.571. The molecule has 0 unspecified atom stereocenters. The van der Waals surface area contributed by atoms with Gasteiger partial charge in [-0.3, -0.25) is 0 Å². The molecular weight excluding hydrogens is 248 g/mol. The molecule has 3 nitrogen and oxygen atoms in total. The molecule has 0 aliphatic carbocycles. The van der Waals surface area contributed by atoms with Gasteiger partial charge in [0, 0.05) is 30.2 Å². The lowest BCUT2D eigenvalue weighted by atomic mass is 10.2. The predicted molar refractivity (Wildman–Crippen MR) is 77.4 cm³/mol. The smallest absolute Gasteiger partial charge is 0.124 e. The third-order valence-corrected chi connectivity index (χ3v) is 2.83. The topological polar surface area (TPSA) is 33.3 Å². The fourth-order valence-electron chi connectivity index (χ4n) is 1.66. The summed E-state index contributed by atoms with van der Waals surface area (Å²) in [4.78, 5) is 0. The van der Waals surface area contributed by atoms with Gasteiger partial charge in [-0.2, -0.15) is 0 Å². The second-order valence-corrected chi connectivity index (χ2v) is 5.17. The molecule has 0 aromatic heterocycles. The average molecular weight is 271 g/mol. The van der Waals surface area contributed by atoms with E-state index in [9.17, 15) is 0 Å². The number of hydrogen-bond acceptors (Lipinski definition) is 3. The summed E-state index contributed by atoms with van der Waals surface area (Å²) in [7, 11) is 1.67. The van der Waals surface area contributed by atoms with Gasteiger partial charge in [0.1, 0.15) is 5.75 Å². The van der Waals surface area contributed by atoms with E-state index in [-0.39, 0.29) is 0 Å². The van der Waals surface area contributed by atoms with Crippen molar-refractivity contribution in [2.75, 3.05) is 26.7 Å². The SMILES string of the molecule is COc1cc(Cl)ccc1CNCCNCC(C)C. The Morgan fingerprint density at radius 3 is 2.61 bits per heavy atom. The quantitative estimate of drug-likeness (QED) is 0.713. The Balaban J connectivity index is 2.27. The summed E-state index contributed by atoms with van der Waals surface area (Å²) in [5, 5.41) is 7.48. The molecule has 0 spiro atoms. The number of methoxy groups -OCH3 is 1. The van der Waals surface area contributed by atoms with Crippen LogP contribution in [0.15, 0.2) is 18.2 Å². The van der Waals surface area contributed by atoms with Crippen molar-refractivity contribution in [3.8, 4) is 5.75 Å². The Labute approximate surface area is 115 Å². The van der Waals surface area contributed by atoms with Crippen LogP contribution in [0.3, 0.4) is 0 Å². The normalized spacial score (nSPS) is 10.9. The van der Waals surface area contributed by atoms with E-state index in [0.29, 0.717) is 10.9 Å². The zero-order chi connectivity index (χ0) is 13.4. The van der Waals surface area contributed by atoms with Crippen LogP contribution >= 0.6 is 11.6 Å². The first-order valence-electron chi connectivity index (χ1n) is 6.37. The van der Waals surface area contributed by atoms with Gasteiger partial charge < -0.3 is 15.4 Å². The highest BCUT2D eigenvalue weighted by Crippen LogP contribution is 2.22. The maximum Gasteiger partial charge on any atom is 0.124 e. The molecule has 1 rings (SSSR count). The van der Waals surface area contributed by atoms with Crippen molar-refractivity contribution in [1.82, 2.24) is 10.6 Å². The van der Waals surface area contributed by atoms with Crippen molar-refractivity contribution >= 4 is 11.6 Å². The minimum atomic E-state index is 0.696. The summed E-state index contributed by atoms with van der Waals surface area (Å²) in [5.41, 5.74) is 1.13. The molecule has 1 aromatic rings. The van der Waals surface area contributed by atoms with E-state index in [2.05, 4.69) is 24.5 Å². The second-order valence-electron chi connectivity index (χ2n) is 4.73. The Kier molecular flexibility index (Phi) is 7.09. The van der Waals surface area contributed by atoms with Crippen LogP contribution in [-0.4, -0.2) is 26.7 Å². The summed E-state index contributed by atoms with van der Waals surface area (Å²) in [6, 6.07) is 5.73. The number of halogens is 1. The fourth-order valence-corrected chi connectivity index (χ4v) is 1.82. The Morgan fingerprint density at radius 2 is 1.94 bits per heavy atom. The lowest BCUT2D eigenvalue weighted by Crippen LogP contribution is -2.29. The molecule has 1 aromatic carbocycles. The van der Waals surface area contributed by atoms with Gasteiger partial charge in [0.2, 0.25) is 0 Å². The van der Waals surface area contributed by atoms with E-state index < -0.39 is 0 Å². The van der Waals surface area contributed by atoms with Crippen LogP contribution in [0.2, 0.25) is 5.02 Å². The monoisotopic (exact) mass is 270 g/mol. The second kappa shape index (κ2) is 8.35. The lowest BCUT2D eigenvalue weighted by Gasteiger charge is -2.11. The average Bonchev–Trinajstić information content (AvgIpc) is 2.34. The Bertz CT molecular complexity index is 356. The lowest BCUT2D eigenvalue weighted by molar-refractivity contribution is 0.407. The number of benzene rings is 1. The molecule has 0 atom stereocenters. The molecule has 0 radical (unpaired) electrons. The van der Waals surface area contributed by atoms with Crippen LogP contribution in [0, 0.1) is 5.92 Å². The van der Waals surface area contributed by atoms with E-state index in [1.165, 1.54) is 0 Å². The zero-order valence-corrected chi connectivity index (χ0v) is 12.2. The van der Waals surface area contributed by atoms with Gasteiger partial charge in [0.25, 0.3) is 0 Å². The van der Waals surface area contributed by atoms with Crippen LogP contribution in [-0.2, 0) is 6.54 Å². The van der Waals surface area contributed by atoms with Crippen molar-refractivity contribution in [1.29, 1.82) is 0 Å². The zero-order valence-electron chi connectivity index (χ0n) is 11.4. The van der Waals surface area contributed by atoms with E-state index in [1.54, 1.807) is 7.11 Å². The maximum absolute atomic E-state index is 5.92. The molecule has 0 bridgehead atoms. The van der Waals surface area contributed by atoms with Crippen molar-refractivity contribution in [3.05, 3.63) is 28.8 Å². The molecule has 2 N–H and O–H groups in total. The highest BCUT2D eigenvalue weighted by Gasteiger charge is 2.03. The highest BCUT2D eigenvalue weighted by molar-refractivity contribution is 6.30. The van der Waals surface area contributed by atoms with Crippen molar-refractivity contribution in [3.63, 3.8) is 0 Å². The summed E-state index contributed by atoms with van der Waals surface area (Å²) >= 11 is 5.92. The summed E-state index contributed by atoms with van der Waals surface area (Å²) in [6.07, 6.45) is 0. The first kappa shape index (κ1) is 15.3. The molecule has 4 heteroatoms. The molecule has 0 heterocycles. The van der Waals surface area contributed by atoms with E-state index in [0.717, 1.165) is 37.5 Å². The molecule has 0 aliphatic rings. The third kappa shape index (κ3) is 5.71. The van der Waals surface area contributed by atoms with Crippen LogP contribution in [0.5, 0.6) is 5.75 Å². The molecule has 0 amide bonds. The van der Waals surface area contributed by atoms with Crippen molar-refractivity contribution in [2.45, 2.75) is 20.4 Å². The third-order valence-electron chi connectivity index (χ3n) is 2.60. The maximum atomic E-state index is 5.92. The molecule has 102 valence electrons. The number of rotatable bonds is 8. The molecular formula is C14H23ClN2O. The van der Waals surface area contributed by atoms with E-state index in [1.807, 2.05) is 18.2 Å². The van der Waals surface area contributed by atoms with Gasteiger partial charge in [0.15, 0.2) is 0 Å². The summed E-state index contributed by atoms with van der Waals surface area (Å²) in [5.74, 6) is 1.53. The molecule has 18 heavy (non-hydrogen) atoms. The van der Waals surface area contributed by atoms with Crippen molar-refractivity contribution < 1.29 is 4.74 Å². The predicted octanol–water partition coefficient (Wildman–Crippen LogP) is 2.68. The Hall–Kier alpha value is -0.770. The molecule has 0 aliphatic heterocycles. The van der Waals surface area contributed by atoms with Gasteiger partial charge in [-0.05, 0) is 24.6 Å². The number of nitrogens with one attached hydrogen (secondary N) is 2. The van der Waals surface area contributed by atoms with Gasteiger partial charge in [-0.1, -0.05) is 31.5 Å². The largest absolute Gasteiger partial charge is 0.496 e. The van der Waals surface area contributed by atoms with E-state index >= 15 is 0 Å². The van der Waals surface area contributed by atoms with Crippen LogP contribution in [0.1, 0.15) is 19.4 Å². The van der Waals surface area contributed by atoms with E-state index in [4.69, 9.17) is 16.3 Å². The van der Waals surface area contributed by atoms with Gasteiger partial charge >= 0.3 is 0 Å². The highest BCUT2D eigenvalue weighted by atomic mass is 35.5. The van der Waals surface area contributed by atoms with Gasteiger partial charge in [-0.15, -0.1) is 0 Å². The first-order valence-corrected chi connectivity index (χ1v) is 6.75. The first-order chi connectivity index (χ1) is 8.63. The van der Waals surface area contributed by atoms with Gasteiger partial charge in [-0.25, -0.2) is 0 Å². The molecule has 0 fully saturated rings. The minimum Gasteiger partial charge on any atom is -0.496 e. The summed E-state index contributed by atoms with van der Waals surface area (Å²) in [6.45, 7) is 8.19. The number of ether oxygens (including phenoxy) is 1. The molecule has 0 saturated heterocycles. The summed E-state index contributed by atoms with van der Waals surface area (Å²) < 4.78 is 5.30. The Morgan fingerprint density at radius 1 is 1.22 bits per heavy atom. The standard InChI is InChI=1S/C14H23ClN2O/c1-11(2)9-16-6-7-17-10-12-4-5-13(15)8-14(12)18-3/h4-5,8,11,16-17H,6-7,9-10H2,1-3H3. The van der Waals surface area contributed by atoms with Crippen LogP contribution in [0.25, 0.3) is 0 Å². The number of hydrogen-bond donors (Lipinski definition) is 2. The molecule has 0 saturated carbocycles. The minimum absolute atomic E-state index is 0.696.